The monoisotopic (exact) mass is 328 g/mol. The van der Waals surface area contributed by atoms with Crippen molar-refractivity contribution >= 4 is 23.2 Å². The molecule has 116 valence electrons. The molecule has 5 nitrogen and oxygen atoms in total. The van der Waals surface area contributed by atoms with Gasteiger partial charge in [-0.05, 0) is 36.2 Å². The number of rotatable bonds is 3. The fourth-order valence-corrected chi connectivity index (χ4v) is 2.69. The van der Waals surface area contributed by atoms with Crippen molar-refractivity contribution in [3.8, 4) is 0 Å². The number of benzene rings is 1. The van der Waals surface area contributed by atoms with E-state index in [0.717, 1.165) is 11.1 Å². The highest BCUT2D eigenvalue weighted by Crippen LogP contribution is 2.16. The lowest BCUT2D eigenvalue weighted by atomic mass is 10.1. The highest BCUT2D eigenvalue weighted by molar-refractivity contribution is 6.30. The van der Waals surface area contributed by atoms with Crippen LogP contribution in [0, 0.1) is 6.92 Å². The quantitative estimate of drug-likeness (QED) is 0.802. The Morgan fingerprint density at radius 3 is 2.78 bits per heavy atom. The first-order chi connectivity index (χ1) is 11.0. The minimum Gasteiger partial charge on any atom is -0.477 e. The summed E-state index contributed by atoms with van der Waals surface area (Å²) in [4.78, 5) is 28.4. The fourth-order valence-electron chi connectivity index (χ4n) is 2.47. The zero-order valence-corrected chi connectivity index (χ0v) is 13.0. The van der Waals surface area contributed by atoms with Gasteiger partial charge in [-0.25, -0.2) is 9.78 Å². The third kappa shape index (κ3) is 2.96. The van der Waals surface area contributed by atoms with Crippen LogP contribution in [0.1, 0.15) is 27.2 Å². The Morgan fingerprint density at radius 1 is 1.30 bits per heavy atom. The van der Waals surface area contributed by atoms with Gasteiger partial charge in [0, 0.05) is 17.6 Å². The molecule has 1 aromatic carbocycles. The van der Waals surface area contributed by atoms with Crippen molar-refractivity contribution in [2.24, 2.45) is 0 Å². The van der Waals surface area contributed by atoms with E-state index in [1.54, 1.807) is 30.5 Å². The molecule has 0 spiro atoms. The van der Waals surface area contributed by atoms with Gasteiger partial charge in [0.1, 0.15) is 11.2 Å². The van der Waals surface area contributed by atoms with E-state index in [1.807, 2.05) is 19.1 Å². The molecule has 3 rings (SSSR count). The van der Waals surface area contributed by atoms with Crippen LogP contribution < -0.4 is 5.56 Å². The number of aromatic nitrogens is 2. The molecule has 2 heterocycles. The Kier molecular flexibility index (Phi) is 3.88. The molecule has 6 heteroatoms. The van der Waals surface area contributed by atoms with Crippen molar-refractivity contribution in [2.45, 2.75) is 13.3 Å². The highest BCUT2D eigenvalue weighted by atomic mass is 35.5. The minimum atomic E-state index is -1.28. The van der Waals surface area contributed by atoms with Crippen molar-refractivity contribution in [1.29, 1.82) is 0 Å². The normalized spacial score (nSPS) is 10.9. The van der Waals surface area contributed by atoms with Crippen LogP contribution in [0.25, 0.3) is 5.65 Å². The average Bonchev–Trinajstić information content (AvgIpc) is 2.48. The molecule has 3 aromatic rings. The lowest BCUT2D eigenvalue weighted by Crippen LogP contribution is -2.26. The molecule has 0 bridgehead atoms. The molecule has 0 aliphatic carbocycles. The molecule has 0 saturated carbocycles. The number of hydrogen-bond acceptors (Lipinski definition) is 3. The topological polar surface area (TPSA) is 71.7 Å². The van der Waals surface area contributed by atoms with Gasteiger partial charge in [0.15, 0.2) is 0 Å². The van der Waals surface area contributed by atoms with Gasteiger partial charge < -0.3 is 5.11 Å². The largest absolute Gasteiger partial charge is 0.477 e. The number of carbonyl (C=O) groups is 1. The number of nitrogens with zero attached hydrogens (tertiary/aromatic N) is 2. The summed E-state index contributed by atoms with van der Waals surface area (Å²) >= 11 is 5.95. The number of aryl methyl sites for hydroxylation is 1. The van der Waals surface area contributed by atoms with E-state index in [9.17, 15) is 14.7 Å². The van der Waals surface area contributed by atoms with Crippen LogP contribution in [0.3, 0.4) is 0 Å². The third-order valence-corrected chi connectivity index (χ3v) is 3.76. The summed E-state index contributed by atoms with van der Waals surface area (Å²) in [6.07, 6.45) is 1.81. The molecule has 1 N–H and O–H groups in total. The number of carboxylic acids is 1. The first kappa shape index (κ1) is 15.2. The van der Waals surface area contributed by atoms with Gasteiger partial charge in [-0.1, -0.05) is 29.8 Å². The number of aromatic carboxylic acids is 1. The maximum absolute atomic E-state index is 12.5. The van der Waals surface area contributed by atoms with Crippen LogP contribution in [0.4, 0.5) is 0 Å². The Morgan fingerprint density at radius 2 is 2.09 bits per heavy atom. The molecular weight excluding hydrogens is 316 g/mol. The summed E-state index contributed by atoms with van der Waals surface area (Å²) in [7, 11) is 0. The van der Waals surface area contributed by atoms with Gasteiger partial charge in [0.05, 0.1) is 5.69 Å². The summed E-state index contributed by atoms with van der Waals surface area (Å²) < 4.78 is 1.26. The van der Waals surface area contributed by atoms with Gasteiger partial charge in [-0.3, -0.25) is 9.20 Å². The molecule has 0 aliphatic rings. The van der Waals surface area contributed by atoms with Crippen LogP contribution >= 0.6 is 11.6 Å². The number of hydrogen-bond donors (Lipinski definition) is 1. The lowest BCUT2D eigenvalue weighted by Gasteiger charge is -2.09. The summed E-state index contributed by atoms with van der Waals surface area (Å²) in [5, 5.41) is 9.98. The Bertz CT molecular complexity index is 979. The van der Waals surface area contributed by atoms with Gasteiger partial charge in [0.25, 0.3) is 5.56 Å². The standard InChI is InChI=1S/C17H13ClN2O3/c1-10-5-6-14-19-13(8-11-3-2-4-12(18)7-11)15(17(22)23)16(21)20(14)9-10/h2-7,9H,8H2,1H3,(H,22,23). The second kappa shape index (κ2) is 5.85. The van der Waals surface area contributed by atoms with E-state index < -0.39 is 11.5 Å². The summed E-state index contributed by atoms with van der Waals surface area (Å²) in [5.74, 6) is -1.28. The average molecular weight is 329 g/mol. The summed E-state index contributed by atoms with van der Waals surface area (Å²) in [5.41, 5.74) is 1.40. The third-order valence-electron chi connectivity index (χ3n) is 3.52. The van der Waals surface area contributed by atoms with Crippen molar-refractivity contribution in [3.63, 3.8) is 0 Å². The van der Waals surface area contributed by atoms with Crippen molar-refractivity contribution in [3.05, 3.63) is 80.4 Å². The molecular formula is C17H13ClN2O3. The van der Waals surface area contributed by atoms with Crippen molar-refractivity contribution < 1.29 is 9.90 Å². The summed E-state index contributed by atoms with van der Waals surface area (Å²) in [6, 6.07) is 10.6. The van der Waals surface area contributed by atoms with Crippen LogP contribution in [-0.4, -0.2) is 20.5 Å². The SMILES string of the molecule is Cc1ccc2nc(Cc3cccc(Cl)c3)c(C(=O)O)c(=O)n2c1. The molecule has 0 aliphatic heterocycles. The molecule has 23 heavy (non-hydrogen) atoms. The zero-order valence-electron chi connectivity index (χ0n) is 12.3. The molecule has 0 amide bonds. The minimum absolute atomic E-state index is 0.224. The Balaban J connectivity index is 2.23. The molecule has 0 fully saturated rings. The fraction of sp³-hybridized carbons (Fsp3) is 0.118. The first-order valence-electron chi connectivity index (χ1n) is 6.95. The molecule has 0 saturated heterocycles. The van der Waals surface area contributed by atoms with E-state index >= 15 is 0 Å². The number of halogens is 1. The van der Waals surface area contributed by atoms with Crippen LogP contribution in [0.15, 0.2) is 47.4 Å². The van der Waals surface area contributed by atoms with Gasteiger partial charge >= 0.3 is 5.97 Å². The van der Waals surface area contributed by atoms with E-state index in [2.05, 4.69) is 4.98 Å². The Labute approximate surface area is 136 Å². The summed E-state index contributed by atoms with van der Waals surface area (Å²) in [6.45, 7) is 1.83. The second-order valence-corrected chi connectivity index (χ2v) is 5.72. The highest BCUT2D eigenvalue weighted by Gasteiger charge is 2.19. The van der Waals surface area contributed by atoms with Crippen LogP contribution in [0.2, 0.25) is 5.02 Å². The molecule has 0 unspecified atom stereocenters. The Hall–Kier alpha value is -2.66. The van der Waals surface area contributed by atoms with Crippen LogP contribution in [-0.2, 0) is 6.42 Å². The van der Waals surface area contributed by atoms with E-state index in [1.165, 1.54) is 4.40 Å². The van der Waals surface area contributed by atoms with Gasteiger partial charge in [-0.15, -0.1) is 0 Å². The zero-order chi connectivity index (χ0) is 16.6. The molecule has 0 radical (unpaired) electrons. The van der Waals surface area contributed by atoms with Crippen molar-refractivity contribution in [1.82, 2.24) is 9.38 Å². The predicted molar refractivity (Wildman–Crippen MR) is 87.4 cm³/mol. The van der Waals surface area contributed by atoms with Crippen LogP contribution in [0.5, 0.6) is 0 Å². The maximum Gasteiger partial charge on any atom is 0.343 e. The van der Waals surface area contributed by atoms with Crippen molar-refractivity contribution in [2.75, 3.05) is 0 Å². The number of fused-ring (bicyclic) bond motifs is 1. The first-order valence-corrected chi connectivity index (χ1v) is 7.33. The van der Waals surface area contributed by atoms with Gasteiger partial charge in [-0.2, -0.15) is 0 Å². The second-order valence-electron chi connectivity index (χ2n) is 5.29. The smallest absolute Gasteiger partial charge is 0.343 e. The molecule has 2 aromatic heterocycles. The number of carboxylic acid groups (broad SMARTS) is 1. The van der Waals surface area contributed by atoms with E-state index in [-0.39, 0.29) is 17.7 Å². The molecule has 0 atom stereocenters. The lowest BCUT2D eigenvalue weighted by molar-refractivity contribution is 0.0693. The van der Waals surface area contributed by atoms with Gasteiger partial charge in [0.2, 0.25) is 0 Å². The predicted octanol–water partition coefficient (Wildman–Crippen LogP) is 2.95. The van der Waals surface area contributed by atoms with E-state index in [0.29, 0.717) is 10.7 Å². The maximum atomic E-state index is 12.5. The number of pyridine rings is 1. The van der Waals surface area contributed by atoms with E-state index in [4.69, 9.17) is 11.6 Å².